The third-order valence-electron chi connectivity index (χ3n) is 1.97. The average Bonchev–Trinajstić information content (AvgIpc) is 2.83. The second-order valence-electron chi connectivity index (χ2n) is 3.09. The molecule has 16 heavy (non-hydrogen) atoms. The molecule has 0 amide bonds. The van der Waals surface area contributed by atoms with Gasteiger partial charge in [-0.1, -0.05) is 12.1 Å². The molecule has 0 spiro atoms. The number of hydrogen-bond acceptors (Lipinski definition) is 6. The Morgan fingerprint density at radius 1 is 1.19 bits per heavy atom. The van der Waals surface area contributed by atoms with E-state index >= 15 is 0 Å². The zero-order valence-electron chi connectivity index (χ0n) is 8.02. The molecule has 0 saturated carbocycles. The van der Waals surface area contributed by atoms with Crippen LogP contribution in [0.2, 0.25) is 0 Å². The van der Waals surface area contributed by atoms with Gasteiger partial charge in [0.05, 0.1) is 0 Å². The lowest BCUT2D eigenvalue weighted by molar-refractivity contribution is -0.659. The number of fused-ring (bicyclic) bond motifs is 1. The molecule has 2 aromatic rings. The lowest BCUT2D eigenvalue weighted by Gasteiger charge is -2.08. The fourth-order valence-electron chi connectivity index (χ4n) is 1.34. The molecule has 4 nitrogen and oxygen atoms in total. The molecule has 0 radical (unpaired) electrons. The summed E-state index contributed by atoms with van der Waals surface area (Å²) in [6.07, 6.45) is 1.76. The highest BCUT2D eigenvalue weighted by atomic mass is 32.2. The summed E-state index contributed by atoms with van der Waals surface area (Å²) in [7, 11) is 0. The summed E-state index contributed by atoms with van der Waals surface area (Å²) in [6.45, 7) is 0. The fraction of sp³-hybridized carbons (Fsp3) is 0. The summed E-state index contributed by atoms with van der Waals surface area (Å²) in [4.78, 5) is 4.18. The van der Waals surface area contributed by atoms with Crippen molar-refractivity contribution in [2.24, 2.45) is 10.2 Å². The minimum atomic E-state index is -0.0765. The van der Waals surface area contributed by atoms with Gasteiger partial charge in [-0.25, -0.2) is 4.98 Å². The number of thiol groups is 1. The van der Waals surface area contributed by atoms with E-state index in [-0.39, 0.29) is 3.51 Å². The third-order valence-corrected chi connectivity index (χ3v) is 4.14. The first kappa shape index (κ1) is 10.3. The van der Waals surface area contributed by atoms with Gasteiger partial charge in [0.15, 0.2) is 10.7 Å². The predicted molar refractivity (Wildman–Crippen MR) is 66.0 cm³/mol. The predicted octanol–water partition coefficient (Wildman–Crippen LogP) is 1.59. The Morgan fingerprint density at radius 3 is 2.44 bits per heavy atom. The van der Waals surface area contributed by atoms with E-state index in [1.165, 1.54) is 11.9 Å². The fourth-order valence-corrected chi connectivity index (χ4v) is 3.51. The molecule has 7 heteroatoms. The van der Waals surface area contributed by atoms with Crippen molar-refractivity contribution in [3.63, 3.8) is 0 Å². The average molecular weight is 267 g/mol. The number of rotatable bonds is 2. The van der Waals surface area contributed by atoms with E-state index in [1.54, 1.807) is 17.5 Å². The maximum absolute atomic E-state index is 4.45. The lowest BCUT2D eigenvalue weighted by atomic mass is 10.3. The molecular formula is C9H7N4S3+. The monoisotopic (exact) mass is 267 g/mol. The van der Waals surface area contributed by atoms with Gasteiger partial charge in [-0.05, 0) is 22.3 Å². The van der Waals surface area contributed by atoms with E-state index in [0.717, 1.165) is 15.1 Å². The van der Waals surface area contributed by atoms with E-state index in [2.05, 4.69) is 28.0 Å². The first-order valence-electron chi connectivity index (χ1n) is 4.52. The smallest absolute Gasteiger partial charge is 0.217 e. The van der Waals surface area contributed by atoms with Crippen LogP contribution in [0.25, 0.3) is 0 Å². The van der Waals surface area contributed by atoms with Crippen LogP contribution in [0.5, 0.6) is 0 Å². The SMILES string of the molecule is S[N+]1(Sc2nccs2)N=c2ccccc2=N1. The number of quaternary nitrogens is 1. The summed E-state index contributed by atoms with van der Waals surface area (Å²) in [5.74, 6) is 0. The quantitative estimate of drug-likeness (QED) is 0.510. The summed E-state index contributed by atoms with van der Waals surface area (Å²) >= 11 is 7.39. The van der Waals surface area contributed by atoms with Crippen LogP contribution in [-0.4, -0.2) is 8.50 Å². The Kier molecular flexibility index (Phi) is 2.47. The van der Waals surface area contributed by atoms with E-state index in [1.807, 2.05) is 29.6 Å². The highest BCUT2D eigenvalue weighted by Gasteiger charge is 2.32. The molecule has 1 aromatic heterocycles. The van der Waals surface area contributed by atoms with Crippen LogP contribution in [0.4, 0.5) is 0 Å². The number of nitrogens with zero attached hydrogens (tertiary/aromatic N) is 4. The highest BCUT2D eigenvalue weighted by molar-refractivity contribution is 8.01. The van der Waals surface area contributed by atoms with Crippen LogP contribution in [0.15, 0.2) is 50.4 Å². The molecule has 0 unspecified atom stereocenters. The van der Waals surface area contributed by atoms with Gasteiger partial charge in [0.2, 0.25) is 16.3 Å². The lowest BCUT2D eigenvalue weighted by Crippen LogP contribution is -2.19. The first-order valence-corrected chi connectivity index (χ1v) is 6.57. The Bertz CT molecular complexity index is 587. The van der Waals surface area contributed by atoms with Crippen molar-refractivity contribution in [3.05, 3.63) is 46.6 Å². The van der Waals surface area contributed by atoms with Gasteiger partial charge in [0, 0.05) is 15.1 Å². The zero-order chi connectivity index (χ0) is 11.0. The standard InChI is InChI=1S/C9H7N4S3/c14-13(16-9-10-5-6-15-9)11-7-3-1-2-4-8(7)12-13/h1-6,14H/q+1. The number of hydrogen-bond donors (Lipinski definition) is 1. The normalized spacial score (nSPS) is 16.3. The Balaban J connectivity index is 2.01. The van der Waals surface area contributed by atoms with Gasteiger partial charge in [-0.3, -0.25) is 0 Å². The van der Waals surface area contributed by atoms with Crippen LogP contribution in [-0.2, 0) is 0 Å². The van der Waals surface area contributed by atoms with Gasteiger partial charge < -0.3 is 0 Å². The molecule has 1 aliphatic heterocycles. The largest absolute Gasteiger partial charge is 0.233 e. The number of aromatic nitrogens is 1. The molecule has 0 bridgehead atoms. The molecule has 1 aromatic carbocycles. The molecule has 80 valence electrons. The van der Waals surface area contributed by atoms with Gasteiger partial charge in [0.25, 0.3) is 0 Å². The summed E-state index contributed by atoms with van der Waals surface area (Å²) in [6, 6.07) is 7.74. The van der Waals surface area contributed by atoms with Crippen LogP contribution in [0, 0.1) is 0 Å². The summed E-state index contributed by atoms with van der Waals surface area (Å²) in [5, 5.41) is 12.5. The van der Waals surface area contributed by atoms with E-state index < -0.39 is 0 Å². The molecule has 2 heterocycles. The van der Waals surface area contributed by atoms with Crippen molar-refractivity contribution >= 4 is 36.1 Å². The highest BCUT2D eigenvalue weighted by Crippen LogP contribution is 2.36. The molecule has 1 aliphatic rings. The molecule has 0 N–H and O–H groups in total. The van der Waals surface area contributed by atoms with Crippen LogP contribution >= 0.6 is 36.1 Å². The van der Waals surface area contributed by atoms with Crippen molar-refractivity contribution in [2.45, 2.75) is 4.34 Å². The maximum Gasteiger partial charge on any atom is 0.217 e. The van der Waals surface area contributed by atoms with Crippen molar-refractivity contribution in [1.29, 1.82) is 0 Å². The second-order valence-corrected chi connectivity index (χ2v) is 6.15. The molecule has 3 rings (SSSR count). The van der Waals surface area contributed by atoms with E-state index in [9.17, 15) is 0 Å². The number of thiazole rings is 1. The minimum Gasteiger partial charge on any atom is -0.233 e. The summed E-state index contributed by atoms with van der Waals surface area (Å²) < 4.78 is 0.822. The van der Waals surface area contributed by atoms with E-state index in [0.29, 0.717) is 0 Å². The van der Waals surface area contributed by atoms with E-state index in [4.69, 9.17) is 0 Å². The van der Waals surface area contributed by atoms with Crippen LogP contribution in [0.3, 0.4) is 0 Å². The Morgan fingerprint density at radius 2 is 1.88 bits per heavy atom. The number of benzene rings is 1. The maximum atomic E-state index is 4.45. The third kappa shape index (κ3) is 1.86. The van der Waals surface area contributed by atoms with Crippen molar-refractivity contribution < 1.29 is 3.51 Å². The van der Waals surface area contributed by atoms with Gasteiger partial charge in [-0.15, -0.1) is 11.3 Å². The molecule has 0 atom stereocenters. The molecular weight excluding hydrogens is 260 g/mol. The van der Waals surface area contributed by atoms with Crippen molar-refractivity contribution in [2.75, 3.05) is 0 Å². The second kappa shape index (κ2) is 3.85. The Labute approximate surface area is 106 Å². The first-order chi connectivity index (χ1) is 7.75. The Hall–Kier alpha value is -0.890. The summed E-state index contributed by atoms with van der Waals surface area (Å²) in [5.41, 5.74) is 0. The van der Waals surface area contributed by atoms with Crippen molar-refractivity contribution in [1.82, 2.24) is 4.98 Å². The van der Waals surface area contributed by atoms with Gasteiger partial charge >= 0.3 is 0 Å². The molecule has 0 fully saturated rings. The van der Waals surface area contributed by atoms with Crippen LogP contribution in [0.1, 0.15) is 0 Å². The zero-order valence-corrected chi connectivity index (χ0v) is 10.5. The van der Waals surface area contributed by atoms with Gasteiger partial charge in [0.1, 0.15) is 12.8 Å². The van der Waals surface area contributed by atoms with Crippen molar-refractivity contribution in [3.8, 4) is 0 Å². The minimum absolute atomic E-state index is 0.0765. The molecule has 0 saturated heterocycles. The molecule has 0 aliphatic carbocycles. The van der Waals surface area contributed by atoms with Crippen LogP contribution < -0.4 is 10.7 Å². The van der Waals surface area contributed by atoms with Gasteiger partial charge in [-0.2, -0.15) is 0 Å². The topological polar surface area (TPSA) is 37.6 Å².